The Morgan fingerprint density at radius 2 is 2.33 bits per heavy atom. The van der Waals surface area contributed by atoms with E-state index in [2.05, 4.69) is 20.7 Å². The Morgan fingerprint density at radius 1 is 1.52 bits per heavy atom. The van der Waals surface area contributed by atoms with E-state index in [1.807, 2.05) is 30.7 Å². The lowest BCUT2D eigenvalue weighted by Gasteiger charge is -2.17. The first kappa shape index (κ1) is 15.6. The van der Waals surface area contributed by atoms with Crippen LogP contribution in [0.25, 0.3) is 11.4 Å². The number of carbonyl (C=O) groups is 1. The van der Waals surface area contributed by atoms with E-state index in [0.717, 1.165) is 12.0 Å². The molecule has 2 aromatic rings. The predicted molar refractivity (Wildman–Crippen MR) is 79.6 cm³/mol. The zero-order chi connectivity index (χ0) is 15.2. The minimum Gasteiger partial charge on any atom is -0.394 e. The Hall–Kier alpha value is -1.80. The Kier molecular flexibility index (Phi) is 5.40. The first-order valence-electron chi connectivity index (χ1n) is 6.79. The lowest BCUT2D eigenvalue weighted by molar-refractivity contribution is -0.123. The molecule has 0 aliphatic carbocycles. The molecular formula is C13H19N5O2S. The highest BCUT2D eigenvalue weighted by Crippen LogP contribution is 2.16. The molecule has 2 heterocycles. The van der Waals surface area contributed by atoms with Gasteiger partial charge < -0.3 is 10.4 Å². The molecule has 0 fully saturated rings. The maximum atomic E-state index is 11.9. The van der Waals surface area contributed by atoms with E-state index in [9.17, 15) is 9.90 Å². The standard InChI is InChI=1S/C13H19N5O2S/c1-9(2)5-11(7-19)14-12(20)6-18-16-13(15-17-18)10-3-4-21-8-10/h3-4,8-9,11,19H,5-7H2,1-2H3,(H,14,20). The number of thiophene rings is 1. The van der Waals surface area contributed by atoms with Crippen LogP contribution in [0.15, 0.2) is 16.8 Å². The van der Waals surface area contributed by atoms with Crippen LogP contribution < -0.4 is 5.32 Å². The number of rotatable bonds is 7. The second kappa shape index (κ2) is 7.28. The van der Waals surface area contributed by atoms with Gasteiger partial charge in [-0.25, -0.2) is 0 Å². The van der Waals surface area contributed by atoms with Crippen molar-refractivity contribution in [3.8, 4) is 11.4 Å². The molecule has 2 rings (SSSR count). The normalized spacial score (nSPS) is 12.6. The molecule has 0 radical (unpaired) electrons. The van der Waals surface area contributed by atoms with Gasteiger partial charge in [0.15, 0.2) is 0 Å². The predicted octanol–water partition coefficient (Wildman–Crippen LogP) is 0.925. The van der Waals surface area contributed by atoms with Crippen molar-refractivity contribution in [3.63, 3.8) is 0 Å². The lowest BCUT2D eigenvalue weighted by atomic mass is 10.0. The average molecular weight is 309 g/mol. The van der Waals surface area contributed by atoms with Crippen LogP contribution in [0.4, 0.5) is 0 Å². The summed E-state index contributed by atoms with van der Waals surface area (Å²) in [7, 11) is 0. The Balaban J connectivity index is 1.91. The molecular weight excluding hydrogens is 290 g/mol. The van der Waals surface area contributed by atoms with Crippen LogP contribution in [0.3, 0.4) is 0 Å². The van der Waals surface area contributed by atoms with Gasteiger partial charge in [-0.1, -0.05) is 13.8 Å². The number of aromatic nitrogens is 4. The summed E-state index contributed by atoms with van der Waals surface area (Å²) in [6, 6.07) is 1.66. The van der Waals surface area contributed by atoms with E-state index < -0.39 is 0 Å². The van der Waals surface area contributed by atoms with Crippen LogP contribution in [0, 0.1) is 5.92 Å². The second-order valence-corrected chi connectivity index (χ2v) is 6.01. The number of aliphatic hydroxyl groups is 1. The summed E-state index contributed by atoms with van der Waals surface area (Å²) in [5.74, 6) is 0.672. The van der Waals surface area contributed by atoms with Gasteiger partial charge in [-0.15, -0.1) is 10.2 Å². The number of aliphatic hydroxyl groups excluding tert-OH is 1. The topological polar surface area (TPSA) is 92.9 Å². The van der Waals surface area contributed by atoms with Crippen molar-refractivity contribution in [1.29, 1.82) is 0 Å². The fourth-order valence-electron chi connectivity index (χ4n) is 1.97. The molecule has 114 valence electrons. The summed E-state index contributed by atoms with van der Waals surface area (Å²) in [4.78, 5) is 13.2. The molecule has 1 unspecified atom stereocenters. The minimum atomic E-state index is -0.239. The zero-order valence-electron chi connectivity index (χ0n) is 12.1. The van der Waals surface area contributed by atoms with Gasteiger partial charge in [-0.05, 0) is 29.0 Å². The number of tetrazole rings is 1. The van der Waals surface area contributed by atoms with Gasteiger partial charge in [0.25, 0.3) is 0 Å². The van der Waals surface area contributed by atoms with Gasteiger partial charge in [0.05, 0.1) is 12.6 Å². The van der Waals surface area contributed by atoms with E-state index in [-0.39, 0.29) is 25.1 Å². The number of carbonyl (C=O) groups excluding carboxylic acids is 1. The number of nitrogens with one attached hydrogen (secondary N) is 1. The zero-order valence-corrected chi connectivity index (χ0v) is 12.9. The number of hydrogen-bond acceptors (Lipinski definition) is 6. The van der Waals surface area contributed by atoms with Crippen molar-refractivity contribution in [3.05, 3.63) is 16.8 Å². The number of nitrogens with zero attached hydrogens (tertiary/aromatic N) is 4. The Morgan fingerprint density at radius 3 is 2.95 bits per heavy atom. The summed E-state index contributed by atoms with van der Waals surface area (Å²) in [6.07, 6.45) is 0.729. The van der Waals surface area contributed by atoms with Gasteiger partial charge in [-0.2, -0.15) is 16.1 Å². The van der Waals surface area contributed by atoms with Crippen molar-refractivity contribution >= 4 is 17.2 Å². The minimum absolute atomic E-state index is 0.00820. The third-order valence-corrected chi connectivity index (χ3v) is 3.54. The van der Waals surface area contributed by atoms with E-state index >= 15 is 0 Å². The molecule has 2 N–H and O–H groups in total. The first-order chi connectivity index (χ1) is 10.1. The first-order valence-corrected chi connectivity index (χ1v) is 7.73. The molecule has 0 spiro atoms. The molecule has 2 aromatic heterocycles. The van der Waals surface area contributed by atoms with Gasteiger partial charge in [-0.3, -0.25) is 4.79 Å². The summed E-state index contributed by atoms with van der Waals surface area (Å²) in [5.41, 5.74) is 0.889. The third-order valence-electron chi connectivity index (χ3n) is 2.86. The van der Waals surface area contributed by atoms with Crippen LogP contribution in [0.1, 0.15) is 20.3 Å². The van der Waals surface area contributed by atoms with Crippen LogP contribution in [-0.2, 0) is 11.3 Å². The van der Waals surface area contributed by atoms with Gasteiger partial charge >= 0.3 is 0 Å². The van der Waals surface area contributed by atoms with E-state index in [0.29, 0.717) is 11.7 Å². The average Bonchev–Trinajstić information content (AvgIpc) is 3.07. The summed E-state index contributed by atoms with van der Waals surface area (Å²) < 4.78 is 0. The second-order valence-electron chi connectivity index (χ2n) is 5.23. The molecule has 1 atom stereocenters. The van der Waals surface area contributed by atoms with Crippen molar-refractivity contribution in [2.75, 3.05) is 6.61 Å². The van der Waals surface area contributed by atoms with E-state index in [4.69, 9.17) is 0 Å². The van der Waals surface area contributed by atoms with Crippen LogP contribution >= 0.6 is 11.3 Å². The van der Waals surface area contributed by atoms with Gasteiger partial charge in [0, 0.05) is 10.9 Å². The van der Waals surface area contributed by atoms with Crippen molar-refractivity contribution in [2.45, 2.75) is 32.9 Å². The fourth-order valence-corrected chi connectivity index (χ4v) is 2.60. The highest BCUT2D eigenvalue weighted by molar-refractivity contribution is 7.08. The monoisotopic (exact) mass is 309 g/mol. The third kappa shape index (κ3) is 4.61. The van der Waals surface area contributed by atoms with Gasteiger partial charge in [0.2, 0.25) is 11.7 Å². The molecule has 8 heteroatoms. The molecule has 0 bridgehead atoms. The Labute approximate surface area is 127 Å². The highest BCUT2D eigenvalue weighted by atomic mass is 32.1. The van der Waals surface area contributed by atoms with Crippen LogP contribution in [-0.4, -0.2) is 43.9 Å². The van der Waals surface area contributed by atoms with Crippen LogP contribution in [0.5, 0.6) is 0 Å². The SMILES string of the molecule is CC(C)CC(CO)NC(=O)Cn1nnc(-c2ccsc2)n1. The van der Waals surface area contributed by atoms with Crippen LogP contribution in [0.2, 0.25) is 0 Å². The van der Waals surface area contributed by atoms with Crippen molar-refractivity contribution in [2.24, 2.45) is 5.92 Å². The van der Waals surface area contributed by atoms with Crippen molar-refractivity contribution in [1.82, 2.24) is 25.5 Å². The quantitative estimate of drug-likeness (QED) is 0.793. The highest BCUT2D eigenvalue weighted by Gasteiger charge is 2.15. The van der Waals surface area contributed by atoms with E-state index in [1.54, 1.807) is 11.3 Å². The van der Waals surface area contributed by atoms with E-state index in [1.165, 1.54) is 4.80 Å². The molecule has 0 aliphatic rings. The van der Waals surface area contributed by atoms with Gasteiger partial charge in [0.1, 0.15) is 6.54 Å². The molecule has 21 heavy (non-hydrogen) atoms. The smallest absolute Gasteiger partial charge is 0.243 e. The Bertz CT molecular complexity index is 567. The maximum absolute atomic E-state index is 11.9. The number of amides is 1. The molecule has 0 saturated carbocycles. The fraction of sp³-hybridized carbons (Fsp3) is 0.538. The molecule has 0 aliphatic heterocycles. The maximum Gasteiger partial charge on any atom is 0.243 e. The summed E-state index contributed by atoms with van der Waals surface area (Å²) in [5, 5.41) is 27.8. The molecule has 0 saturated heterocycles. The number of hydrogen-bond donors (Lipinski definition) is 2. The molecule has 0 aromatic carbocycles. The molecule has 1 amide bonds. The summed E-state index contributed by atoms with van der Waals surface area (Å²) in [6.45, 7) is 4.00. The molecule has 7 nitrogen and oxygen atoms in total. The van der Waals surface area contributed by atoms with Crippen molar-refractivity contribution < 1.29 is 9.90 Å². The summed E-state index contributed by atoms with van der Waals surface area (Å²) >= 11 is 1.55. The largest absolute Gasteiger partial charge is 0.394 e. The lowest BCUT2D eigenvalue weighted by Crippen LogP contribution is -2.40.